The fraction of sp³-hybridized carbons (Fsp3) is 0.278. The molecular formula is C18H19NO2. The fourth-order valence-corrected chi connectivity index (χ4v) is 2.82. The van der Waals surface area contributed by atoms with Crippen LogP contribution in [-0.4, -0.2) is 23.6 Å². The summed E-state index contributed by atoms with van der Waals surface area (Å²) in [5.41, 5.74) is 1.27. The van der Waals surface area contributed by atoms with Crippen molar-refractivity contribution in [3.05, 3.63) is 66.2 Å². The zero-order chi connectivity index (χ0) is 14.5. The first-order valence-electron chi connectivity index (χ1n) is 7.40. The van der Waals surface area contributed by atoms with Crippen molar-refractivity contribution in [3.8, 4) is 5.75 Å². The molecule has 21 heavy (non-hydrogen) atoms. The molecule has 0 N–H and O–H groups in total. The average Bonchev–Trinajstić information content (AvgIpc) is 2.97. The third kappa shape index (κ3) is 3.43. The van der Waals surface area contributed by atoms with Crippen LogP contribution in [-0.2, 0) is 6.42 Å². The Hall–Kier alpha value is -2.29. The van der Waals surface area contributed by atoms with Gasteiger partial charge in [0.15, 0.2) is 0 Å². The number of hydrogen-bond donors (Lipinski definition) is 0. The number of hydrogen-bond acceptors (Lipinski definition) is 2. The zero-order valence-electron chi connectivity index (χ0n) is 11.9. The van der Waals surface area contributed by atoms with Gasteiger partial charge in [0.25, 0.3) is 0 Å². The van der Waals surface area contributed by atoms with Crippen molar-refractivity contribution in [2.24, 2.45) is 0 Å². The average molecular weight is 281 g/mol. The summed E-state index contributed by atoms with van der Waals surface area (Å²) in [6.07, 6.45) is 2.74. The summed E-state index contributed by atoms with van der Waals surface area (Å²) in [5, 5.41) is 0. The number of likely N-dealkylation sites (tertiary alicyclic amines) is 1. The second-order valence-electron chi connectivity index (χ2n) is 5.36. The maximum Gasteiger partial charge on any atom is 0.415 e. The number of carbonyl (C=O) groups excluding carboxylic acids is 1. The molecule has 1 aliphatic heterocycles. The summed E-state index contributed by atoms with van der Waals surface area (Å²) in [6.45, 7) is 0.781. The summed E-state index contributed by atoms with van der Waals surface area (Å²) < 4.78 is 5.45. The predicted octanol–water partition coefficient (Wildman–Crippen LogP) is 3.89. The molecule has 1 fully saturated rings. The molecule has 2 aromatic carbocycles. The van der Waals surface area contributed by atoms with Crippen LogP contribution < -0.4 is 4.74 Å². The lowest BCUT2D eigenvalue weighted by molar-refractivity contribution is 0.147. The Morgan fingerprint density at radius 2 is 1.71 bits per heavy atom. The SMILES string of the molecule is O=C(Oc1ccccc1)N1CCCC1Cc1ccccc1. The highest BCUT2D eigenvalue weighted by Crippen LogP contribution is 2.23. The smallest absolute Gasteiger partial charge is 0.410 e. The van der Waals surface area contributed by atoms with Crippen molar-refractivity contribution in [3.63, 3.8) is 0 Å². The fourth-order valence-electron chi connectivity index (χ4n) is 2.82. The van der Waals surface area contributed by atoms with Gasteiger partial charge in [0.05, 0.1) is 0 Å². The Labute approximate surface area is 125 Å². The molecule has 3 nitrogen and oxygen atoms in total. The van der Waals surface area contributed by atoms with Gasteiger partial charge in [-0.15, -0.1) is 0 Å². The summed E-state index contributed by atoms with van der Waals surface area (Å²) >= 11 is 0. The number of carbonyl (C=O) groups is 1. The third-order valence-electron chi connectivity index (χ3n) is 3.87. The van der Waals surface area contributed by atoms with E-state index in [9.17, 15) is 4.79 Å². The largest absolute Gasteiger partial charge is 0.415 e. The molecule has 3 heteroatoms. The van der Waals surface area contributed by atoms with Gasteiger partial charge in [-0.25, -0.2) is 4.79 Å². The molecule has 0 saturated carbocycles. The van der Waals surface area contributed by atoms with Gasteiger partial charge in [-0.2, -0.15) is 0 Å². The number of amides is 1. The van der Waals surface area contributed by atoms with Crippen molar-refractivity contribution in [2.45, 2.75) is 25.3 Å². The molecule has 0 radical (unpaired) electrons. The molecule has 3 rings (SSSR count). The van der Waals surface area contributed by atoms with E-state index in [0.717, 1.165) is 25.8 Å². The van der Waals surface area contributed by atoms with Gasteiger partial charge in [0.2, 0.25) is 0 Å². The number of ether oxygens (including phenoxy) is 1. The third-order valence-corrected chi connectivity index (χ3v) is 3.87. The molecule has 108 valence electrons. The van der Waals surface area contributed by atoms with Crippen LogP contribution in [0.25, 0.3) is 0 Å². The van der Waals surface area contributed by atoms with Gasteiger partial charge in [-0.1, -0.05) is 48.5 Å². The lowest BCUT2D eigenvalue weighted by atomic mass is 10.0. The van der Waals surface area contributed by atoms with E-state index in [2.05, 4.69) is 12.1 Å². The normalized spacial score (nSPS) is 17.7. The summed E-state index contributed by atoms with van der Waals surface area (Å²) in [5.74, 6) is 0.605. The van der Waals surface area contributed by atoms with Crippen LogP contribution in [0.4, 0.5) is 4.79 Å². The second-order valence-corrected chi connectivity index (χ2v) is 5.36. The molecule has 1 aliphatic rings. The number of benzene rings is 2. The molecule has 1 atom stereocenters. The van der Waals surface area contributed by atoms with Gasteiger partial charge >= 0.3 is 6.09 Å². The van der Waals surface area contributed by atoms with Crippen LogP contribution in [0.1, 0.15) is 18.4 Å². The molecule has 0 spiro atoms. The van der Waals surface area contributed by atoms with Crippen molar-refractivity contribution >= 4 is 6.09 Å². The summed E-state index contributed by atoms with van der Waals surface area (Å²) in [6, 6.07) is 19.8. The van der Waals surface area contributed by atoms with Gasteiger partial charge in [-0.3, -0.25) is 0 Å². The minimum atomic E-state index is -0.236. The lowest BCUT2D eigenvalue weighted by Gasteiger charge is -2.24. The van der Waals surface area contributed by atoms with Crippen molar-refractivity contribution in [2.75, 3.05) is 6.54 Å². The van der Waals surface area contributed by atoms with Crippen LogP contribution in [0.2, 0.25) is 0 Å². The van der Waals surface area contributed by atoms with E-state index in [1.807, 2.05) is 41.3 Å². The lowest BCUT2D eigenvalue weighted by Crippen LogP contribution is -2.38. The van der Waals surface area contributed by atoms with E-state index < -0.39 is 0 Å². The molecule has 1 saturated heterocycles. The first kappa shape index (κ1) is 13.7. The van der Waals surface area contributed by atoms with Crippen molar-refractivity contribution < 1.29 is 9.53 Å². The molecule has 0 aliphatic carbocycles. The molecule has 1 heterocycles. The zero-order valence-corrected chi connectivity index (χ0v) is 11.9. The molecule has 2 aromatic rings. The quantitative estimate of drug-likeness (QED) is 0.854. The first-order valence-corrected chi connectivity index (χ1v) is 7.40. The van der Waals surface area contributed by atoms with E-state index in [1.54, 1.807) is 12.1 Å². The highest BCUT2D eigenvalue weighted by atomic mass is 16.6. The highest BCUT2D eigenvalue weighted by molar-refractivity contribution is 5.71. The topological polar surface area (TPSA) is 29.5 Å². The maximum atomic E-state index is 12.3. The maximum absolute atomic E-state index is 12.3. The van der Waals surface area contributed by atoms with Crippen LogP contribution in [0.15, 0.2) is 60.7 Å². The minimum Gasteiger partial charge on any atom is -0.410 e. The highest BCUT2D eigenvalue weighted by Gasteiger charge is 2.30. The van der Waals surface area contributed by atoms with Crippen LogP contribution in [0.3, 0.4) is 0 Å². The number of rotatable bonds is 3. The molecule has 1 unspecified atom stereocenters. The van der Waals surface area contributed by atoms with Gasteiger partial charge in [0.1, 0.15) is 5.75 Å². The van der Waals surface area contributed by atoms with E-state index in [0.29, 0.717) is 5.75 Å². The second kappa shape index (κ2) is 6.44. The van der Waals surface area contributed by atoms with Gasteiger partial charge in [-0.05, 0) is 37.0 Å². The van der Waals surface area contributed by atoms with Gasteiger partial charge in [0, 0.05) is 12.6 Å². The summed E-state index contributed by atoms with van der Waals surface area (Å²) in [4.78, 5) is 14.2. The van der Waals surface area contributed by atoms with Crippen molar-refractivity contribution in [1.29, 1.82) is 0 Å². The van der Waals surface area contributed by atoms with Crippen molar-refractivity contribution in [1.82, 2.24) is 4.90 Å². The molecule has 0 bridgehead atoms. The first-order chi connectivity index (χ1) is 10.3. The Morgan fingerprint density at radius 1 is 1.05 bits per heavy atom. The molecular weight excluding hydrogens is 262 g/mol. The number of nitrogens with zero attached hydrogens (tertiary/aromatic N) is 1. The van der Waals surface area contributed by atoms with Gasteiger partial charge < -0.3 is 9.64 Å². The van der Waals surface area contributed by atoms with E-state index in [4.69, 9.17) is 4.74 Å². The monoisotopic (exact) mass is 281 g/mol. The van der Waals surface area contributed by atoms with E-state index >= 15 is 0 Å². The number of para-hydroxylation sites is 1. The Kier molecular flexibility index (Phi) is 4.20. The summed E-state index contributed by atoms with van der Waals surface area (Å²) in [7, 11) is 0. The molecule has 0 aromatic heterocycles. The minimum absolute atomic E-state index is 0.236. The Balaban J connectivity index is 1.65. The van der Waals surface area contributed by atoms with Crippen LogP contribution in [0.5, 0.6) is 5.75 Å². The van der Waals surface area contributed by atoms with Crippen LogP contribution >= 0.6 is 0 Å². The Morgan fingerprint density at radius 3 is 2.43 bits per heavy atom. The van der Waals surface area contributed by atoms with E-state index in [1.165, 1.54) is 5.56 Å². The van der Waals surface area contributed by atoms with Crippen LogP contribution in [0, 0.1) is 0 Å². The standard InChI is InChI=1S/C18H19NO2/c20-18(21-17-11-5-2-6-12-17)19-13-7-10-16(19)14-15-8-3-1-4-9-15/h1-6,8-9,11-12,16H,7,10,13-14H2. The molecule has 1 amide bonds. The predicted molar refractivity (Wildman–Crippen MR) is 82.3 cm³/mol. The Bertz CT molecular complexity index is 583. The van der Waals surface area contributed by atoms with E-state index in [-0.39, 0.29) is 12.1 Å².